The highest BCUT2D eigenvalue weighted by Crippen LogP contribution is 2.39. The van der Waals surface area contributed by atoms with Crippen molar-refractivity contribution in [3.8, 4) is 0 Å². The number of halogens is 3. The van der Waals surface area contributed by atoms with E-state index in [-0.39, 0.29) is 17.9 Å². The van der Waals surface area contributed by atoms with E-state index in [1.165, 1.54) is 0 Å². The predicted molar refractivity (Wildman–Crippen MR) is 110 cm³/mol. The van der Waals surface area contributed by atoms with Gasteiger partial charge >= 0.3 is 0 Å². The molecule has 0 spiro atoms. The number of aromatic nitrogens is 1. The summed E-state index contributed by atoms with van der Waals surface area (Å²) in [6, 6.07) is 5.81. The minimum Gasteiger partial charge on any atom is -0.379 e. The number of nitrogens with zero attached hydrogens (tertiary/aromatic N) is 1. The van der Waals surface area contributed by atoms with E-state index < -0.39 is 11.8 Å². The van der Waals surface area contributed by atoms with Gasteiger partial charge in [-0.2, -0.15) is 0 Å². The number of amides is 1. The van der Waals surface area contributed by atoms with Crippen molar-refractivity contribution in [3.05, 3.63) is 35.0 Å². The average Bonchev–Trinajstić information content (AvgIpc) is 3.34. The molecule has 1 aromatic heterocycles. The molecule has 1 aromatic carbocycles. The summed E-state index contributed by atoms with van der Waals surface area (Å²) >= 11 is 6.44. The zero-order valence-electron chi connectivity index (χ0n) is 16.6. The van der Waals surface area contributed by atoms with E-state index >= 15 is 0 Å². The van der Waals surface area contributed by atoms with Crippen LogP contribution >= 0.6 is 11.6 Å². The van der Waals surface area contributed by atoms with Gasteiger partial charge in [-0.1, -0.05) is 24.1 Å². The molecule has 2 aliphatic rings. The number of carbonyl (C=O) groups excluding carboxylic acids is 1. The van der Waals surface area contributed by atoms with Crippen molar-refractivity contribution in [2.75, 3.05) is 19.8 Å². The largest absolute Gasteiger partial charge is 0.379 e. The summed E-state index contributed by atoms with van der Waals surface area (Å²) in [5.74, 6) is -3.38. The molecular formula is C22H27ClF2N2O2. The summed E-state index contributed by atoms with van der Waals surface area (Å²) in [5.41, 5.74) is 1.45. The van der Waals surface area contributed by atoms with Crippen LogP contribution < -0.4 is 5.32 Å². The number of rotatable bonds is 5. The smallest absolute Gasteiger partial charge is 0.253 e. The molecule has 4 nitrogen and oxygen atoms in total. The molecule has 1 amide bonds. The molecule has 1 saturated heterocycles. The van der Waals surface area contributed by atoms with Crippen molar-refractivity contribution in [1.29, 1.82) is 0 Å². The lowest BCUT2D eigenvalue weighted by Gasteiger charge is -2.32. The number of alkyl halides is 2. The molecule has 2 aromatic rings. The van der Waals surface area contributed by atoms with Crippen LogP contribution in [0.5, 0.6) is 0 Å². The molecule has 158 valence electrons. The molecule has 1 N–H and O–H groups in total. The normalized spacial score (nSPS) is 25.4. The van der Waals surface area contributed by atoms with Crippen LogP contribution in [-0.2, 0) is 4.74 Å². The van der Waals surface area contributed by atoms with E-state index in [2.05, 4.69) is 9.88 Å². The van der Waals surface area contributed by atoms with E-state index in [1.54, 1.807) is 6.07 Å². The molecule has 3 atom stereocenters. The van der Waals surface area contributed by atoms with Crippen molar-refractivity contribution in [2.24, 2.45) is 11.8 Å². The van der Waals surface area contributed by atoms with Gasteiger partial charge in [0.05, 0.1) is 28.8 Å². The molecule has 2 heterocycles. The fourth-order valence-electron chi connectivity index (χ4n) is 4.75. The van der Waals surface area contributed by atoms with Crippen molar-refractivity contribution in [1.82, 2.24) is 9.88 Å². The molecule has 3 unspecified atom stereocenters. The van der Waals surface area contributed by atoms with Crippen LogP contribution in [0.4, 0.5) is 8.78 Å². The minimum absolute atomic E-state index is 0.0792. The average molecular weight is 425 g/mol. The molecule has 1 aliphatic carbocycles. The van der Waals surface area contributed by atoms with Gasteiger partial charge in [0.1, 0.15) is 0 Å². The molecule has 1 saturated carbocycles. The zero-order valence-corrected chi connectivity index (χ0v) is 17.4. The third kappa shape index (κ3) is 4.29. The first kappa shape index (κ1) is 20.6. The molecule has 0 bridgehead atoms. The maximum absolute atomic E-state index is 13.7. The van der Waals surface area contributed by atoms with Crippen LogP contribution in [0.25, 0.3) is 10.9 Å². The van der Waals surface area contributed by atoms with Crippen LogP contribution in [0.3, 0.4) is 0 Å². The number of ether oxygens (including phenoxy) is 1. The summed E-state index contributed by atoms with van der Waals surface area (Å²) in [6.07, 6.45) is 5.41. The highest BCUT2D eigenvalue weighted by molar-refractivity contribution is 6.36. The van der Waals surface area contributed by atoms with Gasteiger partial charge in [-0.05, 0) is 50.7 Å². The first-order valence-corrected chi connectivity index (χ1v) is 10.7. The predicted octanol–water partition coefficient (Wildman–Crippen LogP) is 5.45. The maximum atomic E-state index is 13.7. The van der Waals surface area contributed by atoms with E-state index in [0.29, 0.717) is 43.2 Å². The number of hydrogen-bond acceptors (Lipinski definition) is 2. The standard InChI is InChI=1S/C22H27ClF2N2O2/c1-22(24,25)15-5-2-4-14(10-15)11-26-21(28)17-12-27(16-8-9-29-13-16)19-7-3-6-18(23)20(17)19/h3,6-7,12,14-16H,2,4-5,8-11,13H2,1H3,(H,26,28). The van der Waals surface area contributed by atoms with Gasteiger partial charge in [-0.15, -0.1) is 0 Å². The van der Waals surface area contributed by atoms with Crippen LogP contribution in [0.15, 0.2) is 24.4 Å². The third-order valence-corrected chi connectivity index (χ3v) is 6.72. The molecule has 29 heavy (non-hydrogen) atoms. The van der Waals surface area contributed by atoms with Crippen LogP contribution in [-0.4, -0.2) is 36.2 Å². The second-order valence-corrected chi connectivity index (χ2v) is 8.90. The maximum Gasteiger partial charge on any atom is 0.253 e. The van der Waals surface area contributed by atoms with Gasteiger partial charge in [-0.25, -0.2) is 8.78 Å². The van der Waals surface area contributed by atoms with E-state index in [4.69, 9.17) is 16.3 Å². The van der Waals surface area contributed by atoms with Crippen molar-refractivity contribution < 1.29 is 18.3 Å². The second kappa shape index (κ2) is 8.23. The van der Waals surface area contributed by atoms with E-state index in [0.717, 1.165) is 37.1 Å². The van der Waals surface area contributed by atoms with Crippen LogP contribution in [0, 0.1) is 11.8 Å². The Morgan fingerprint density at radius 1 is 1.34 bits per heavy atom. The number of nitrogens with one attached hydrogen (secondary N) is 1. The highest BCUT2D eigenvalue weighted by atomic mass is 35.5. The van der Waals surface area contributed by atoms with E-state index in [9.17, 15) is 13.6 Å². The molecule has 0 radical (unpaired) electrons. The summed E-state index contributed by atoms with van der Waals surface area (Å²) < 4.78 is 35.0. The van der Waals surface area contributed by atoms with Gasteiger partial charge in [0.2, 0.25) is 5.92 Å². The number of hydrogen-bond donors (Lipinski definition) is 1. The first-order chi connectivity index (χ1) is 13.8. The van der Waals surface area contributed by atoms with Gasteiger partial charge in [0.25, 0.3) is 5.91 Å². The number of fused-ring (bicyclic) bond motifs is 1. The Morgan fingerprint density at radius 3 is 2.90 bits per heavy atom. The minimum atomic E-state index is -2.66. The zero-order chi connectivity index (χ0) is 20.6. The first-order valence-electron chi connectivity index (χ1n) is 10.4. The summed E-state index contributed by atoms with van der Waals surface area (Å²) in [5, 5.41) is 4.25. The lowest BCUT2D eigenvalue weighted by Crippen LogP contribution is -2.35. The van der Waals surface area contributed by atoms with Gasteiger partial charge < -0.3 is 14.6 Å². The van der Waals surface area contributed by atoms with E-state index in [1.807, 2.05) is 18.3 Å². The fraction of sp³-hybridized carbons (Fsp3) is 0.591. The van der Waals surface area contributed by atoms with Gasteiger partial charge in [-0.3, -0.25) is 4.79 Å². The third-order valence-electron chi connectivity index (χ3n) is 6.40. The topological polar surface area (TPSA) is 43.3 Å². The molecule has 2 fully saturated rings. The Balaban J connectivity index is 1.51. The summed E-state index contributed by atoms with van der Waals surface area (Å²) in [4.78, 5) is 13.0. The van der Waals surface area contributed by atoms with Crippen molar-refractivity contribution >= 4 is 28.4 Å². The Morgan fingerprint density at radius 2 is 2.17 bits per heavy atom. The molecule has 7 heteroatoms. The Bertz CT molecular complexity index is 887. The monoisotopic (exact) mass is 424 g/mol. The highest BCUT2D eigenvalue weighted by Gasteiger charge is 2.37. The Hall–Kier alpha value is -1.66. The Labute approximate surface area is 174 Å². The Kier molecular flexibility index (Phi) is 5.85. The molecule has 1 aliphatic heterocycles. The number of benzene rings is 1. The lowest BCUT2D eigenvalue weighted by atomic mass is 9.78. The summed E-state index contributed by atoms with van der Waals surface area (Å²) in [7, 11) is 0. The van der Waals surface area contributed by atoms with Gasteiger partial charge in [0, 0.05) is 30.7 Å². The fourth-order valence-corrected chi connectivity index (χ4v) is 5.02. The molecular weight excluding hydrogens is 398 g/mol. The van der Waals surface area contributed by atoms with Crippen molar-refractivity contribution in [3.63, 3.8) is 0 Å². The van der Waals surface area contributed by atoms with Crippen molar-refractivity contribution in [2.45, 2.75) is 51.0 Å². The SMILES string of the molecule is CC(F)(F)C1CCCC(CNC(=O)c2cn(C3CCOC3)c3cccc(Cl)c23)C1. The quantitative estimate of drug-likeness (QED) is 0.693. The lowest BCUT2D eigenvalue weighted by molar-refractivity contribution is -0.0605. The van der Waals surface area contributed by atoms with Crippen LogP contribution in [0.2, 0.25) is 5.02 Å². The molecule has 4 rings (SSSR count). The number of carbonyl (C=O) groups is 1. The van der Waals surface area contributed by atoms with Gasteiger partial charge in [0.15, 0.2) is 0 Å². The summed E-state index contributed by atoms with van der Waals surface area (Å²) in [6.45, 7) is 2.74. The second-order valence-electron chi connectivity index (χ2n) is 8.50. The van der Waals surface area contributed by atoms with Crippen LogP contribution in [0.1, 0.15) is 55.4 Å².